The molecule has 0 amide bonds. The number of carbonyl (C=O) groups excluding carboxylic acids is 1. The number of carboxylic acids is 2. The molecule has 1 aromatic rings. The summed E-state index contributed by atoms with van der Waals surface area (Å²) < 4.78 is 0. The zero-order chi connectivity index (χ0) is 11.1. The minimum absolute atomic E-state index is 0. The molecule has 0 fully saturated rings. The third-order valence-corrected chi connectivity index (χ3v) is 1.35. The second-order valence-electron chi connectivity index (χ2n) is 2.17. The van der Waals surface area contributed by atoms with Gasteiger partial charge in [0.05, 0.1) is 17.8 Å². The van der Waals surface area contributed by atoms with Crippen LogP contribution in [-0.2, 0) is 12.6 Å². The molecule has 0 radical (unpaired) electrons. The molecule has 0 aliphatic rings. The minimum Gasteiger partial charge on any atom is -0.870 e. The molecule has 7 heteroatoms. The van der Waals surface area contributed by atoms with Crippen LogP contribution in [0.1, 0.15) is 20.7 Å². The molecular formula is C9H11NaO5S. The Bertz CT molecular complexity index is 313. The van der Waals surface area contributed by atoms with E-state index in [4.69, 9.17) is 5.11 Å². The van der Waals surface area contributed by atoms with Crippen LogP contribution in [0.15, 0.2) is 24.3 Å². The van der Waals surface area contributed by atoms with E-state index in [1.807, 2.05) is 0 Å². The zero-order valence-electron chi connectivity index (χ0n) is 8.93. The van der Waals surface area contributed by atoms with Gasteiger partial charge in [0.15, 0.2) is 0 Å². The first-order valence-corrected chi connectivity index (χ1v) is 4.66. The van der Waals surface area contributed by atoms with Gasteiger partial charge >= 0.3 is 35.5 Å². The Morgan fingerprint density at radius 2 is 1.69 bits per heavy atom. The monoisotopic (exact) mass is 254 g/mol. The van der Waals surface area contributed by atoms with Gasteiger partial charge in [-0.05, 0) is 30.3 Å². The zero-order valence-corrected chi connectivity index (χ0v) is 11.9. The SMILES string of the molecule is C[SH2+].O=C([O-])c1cccc(C(=O)O)c1.[Na+].[OH-]. The van der Waals surface area contributed by atoms with Gasteiger partial charge in [0, 0.05) is 0 Å². The predicted octanol–water partition coefficient (Wildman–Crippen LogP) is -3.80. The van der Waals surface area contributed by atoms with Crippen molar-refractivity contribution in [3.63, 3.8) is 0 Å². The second kappa shape index (κ2) is 11.0. The molecule has 0 spiro atoms. The van der Waals surface area contributed by atoms with Crippen molar-refractivity contribution >= 4 is 24.6 Å². The van der Waals surface area contributed by atoms with Crippen LogP contribution < -0.4 is 34.7 Å². The topological polar surface area (TPSA) is 107 Å². The number of carbonyl (C=O) groups is 2. The number of aromatic carboxylic acids is 2. The molecule has 1 rings (SSSR count). The first-order valence-electron chi connectivity index (χ1n) is 3.66. The molecule has 5 nitrogen and oxygen atoms in total. The van der Waals surface area contributed by atoms with Gasteiger partial charge in [0.2, 0.25) is 0 Å². The Morgan fingerprint density at radius 1 is 1.25 bits per heavy atom. The molecule has 2 N–H and O–H groups in total. The van der Waals surface area contributed by atoms with Gasteiger partial charge in [-0.1, -0.05) is 12.1 Å². The van der Waals surface area contributed by atoms with Gasteiger partial charge in [0.1, 0.15) is 0 Å². The van der Waals surface area contributed by atoms with E-state index >= 15 is 0 Å². The van der Waals surface area contributed by atoms with E-state index in [2.05, 4.69) is 12.6 Å². The first kappa shape index (κ1) is 20.8. The summed E-state index contributed by atoms with van der Waals surface area (Å²) in [5, 5.41) is 18.7. The van der Waals surface area contributed by atoms with Crippen LogP contribution in [-0.4, -0.2) is 28.8 Å². The van der Waals surface area contributed by atoms with E-state index in [1.54, 1.807) is 6.26 Å². The molecule has 0 aliphatic carbocycles. The van der Waals surface area contributed by atoms with Gasteiger partial charge < -0.3 is 20.5 Å². The molecular weight excluding hydrogens is 243 g/mol. The summed E-state index contributed by atoms with van der Waals surface area (Å²) in [7, 11) is 0. The number of hydrogen-bond donors (Lipinski definition) is 1. The fraction of sp³-hybridized carbons (Fsp3) is 0.111. The Kier molecular flexibility index (Phi) is 14.3. The van der Waals surface area contributed by atoms with Gasteiger partial charge in [-0.2, -0.15) is 0 Å². The average molecular weight is 254 g/mol. The summed E-state index contributed by atoms with van der Waals surface area (Å²) in [5.41, 5.74) is -0.188. The van der Waals surface area contributed by atoms with Crippen LogP contribution in [0.5, 0.6) is 0 Å². The van der Waals surface area contributed by atoms with Crippen LogP contribution >= 0.6 is 0 Å². The van der Waals surface area contributed by atoms with Gasteiger partial charge in [0.25, 0.3) is 0 Å². The van der Waals surface area contributed by atoms with E-state index in [0.717, 1.165) is 6.07 Å². The predicted molar refractivity (Wildman–Crippen MR) is 55.7 cm³/mol. The molecule has 16 heavy (non-hydrogen) atoms. The van der Waals surface area contributed by atoms with Crippen molar-refractivity contribution in [3.8, 4) is 0 Å². The largest absolute Gasteiger partial charge is 1.00 e. The summed E-state index contributed by atoms with van der Waals surface area (Å²) in [5.74, 6) is -2.53. The Labute approximate surface area is 120 Å². The van der Waals surface area contributed by atoms with Crippen LogP contribution in [0.2, 0.25) is 0 Å². The normalized spacial score (nSPS) is 7.38. The van der Waals surface area contributed by atoms with E-state index < -0.39 is 11.9 Å². The molecule has 0 bridgehead atoms. The van der Waals surface area contributed by atoms with E-state index in [-0.39, 0.29) is 46.2 Å². The summed E-state index contributed by atoms with van der Waals surface area (Å²) >= 11 is 2.97. The second-order valence-corrected chi connectivity index (χ2v) is 2.17. The standard InChI is InChI=1S/C8H6O4.CH4S.Na.H2O/c9-7(10)5-2-1-3-6(4-5)8(11)12;1-2;;/h1-4H,(H,9,10)(H,11,12);2H,1H3;;1H2/q;;+1;/p-1. The smallest absolute Gasteiger partial charge is 0.870 e. The maximum atomic E-state index is 10.4. The van der Waals surface area contributed by atoms with Crippen molar-refractivity contribution in [3.05, 3.63) is 35.4 Å². The Balaban J connectivity index is -0.000000399. The molecule has 0 saturated heterocycles. The van der Waals surface area contributed by atoms with Crippen molar-refractivity contribution in [2.75, 3.05) is 6.26 Å². The maximum absolute atomic E-state index is 10.4. The van der Waals surface area contributed by atoms with Crippen LogP contribution in [0.4, 0.5) is 0 Å². The molecule has 1 aromatic carbocycles. The Hall–Kier alpha value is -0.530. The third-order valence-electron chi connectivity index (χ3n) is 1.35. The summed E-state index contributed by atoms with van der Waals surface area (Å²) in [4.78, 5) is 20.6. The average Bonchev–Trinajstić information content (AvgIpc) is 2.21. The van der Waals surface area contributed by atoms with E-state index in [9.17, 15) is 14.7 Å². The fourth-order valence-corrected chi connectivity index (χ4v) is 0.779. The number of benzene rings is 1. The van der Waals surface area contributed by atoms with Gasteiger partial charge in [-0.25, -0.2) is 4.79 Å². The van der Waals surface area contributed by atoms with E-state index in [0.29, 0.717) is 0 Å². The summed E-state index contributed by atoms with van der Waals surface area (Å²) in [6.07, 6.45) is 1.81. The molecule has 0 unspecified atom stereocenters. The van der Waals surface area contributed by atoms with E-state index in [1.165, 1.54) is 18.2 Å². The number of carboxylic acid groups (broad SMARTS) is 2. The summed E-state index contributed by atoms with van der Waals surface area (Å²) in [6.45, 7) is 0. The first-order chi connectivity index (χ1) is 6.61. The third kappa shape index (κ3) is 6.86. The van der Waals surface area contributed by atoms with Crippen molar-refractivity contribution in [1.82, 2.24) is 0 Å². The van der Waals surface area contributed by atoms with Gasteiger partial charge in [-0.3, -0.25) is 0 Å². The van der Waals surface area contributed by atoms with Crippen LogP contribution in [0.25, 0.3) is 0 Å². The molecule has 0 aromatic heterocycles. The molecule has 84 valence electrons. The number of rotatable bonds is 2. The minimum atomic E-state index is -1.38. The molecule has 0 saturated carbocycles. The van der Waals surface area contributed by atoms with Crippen molar-refractivity contribution in [2.45, 2.75) is 0 Å². The number of hydrogen-bond acceptors (Lipinski definition) is 4. The molecule has 0 heterocycles. The van der Waals surface area contributed by atoms with Crippen molar-refractivity contribution in [1.29, 1.82) is 0 Å². The van der Waals surface area contributed by atoms with Crippen molar-refractivity contribution < 1.29 is 54.8 Å². The molecule has 0 atom stereocenters. The Morgan fingerprint density at radius 3 is 2.06 bits per heavy atom. The van der Waals surface area contributed by atoms with Crippen LogP contribution in [0.3, 0.4) is 0 Å². The quantitative estimate of drug-likeness (QED) is 0.430. The van der Waals surface area contributed by atoms with Crippen molar-refractivity contribution in [2.24, 2.45) is 0 Å². The van der Waals surface area contributed by atoms with Crippen LogP contribution in [0, 0.1) is 0 Å². The maximum Gasteiger partial charge on any atom is 1.00 e. The molecule has 0 aliphatic heterocycles. The summed E-state index contributed by atoms with van der Waals surface area (Å²) in [6, 6.07) is 5.00. The fourth-order valence-electron chi connectivity index (χ4n) is 0.779. The van der Waals surface area contributed by atoms with Gasteiger partial charge in [-0.15, -0.1) is 0 Å².